The van der Waals surface area contributed by atoms with E-state index in [1.54, 1.807) is 6.07 Å². The zero-order valence-electron chi connectivity index (χ0n) is 11.2. The number of nitrogens with one attached hydrogen (secondary N) is 1. The van der Waals surface area contributed by atoms with Gasteiger partial charge in [-0.15, -0.1) is 0 Å². The normalized spacial score (nSPS) is 17.8. The molecule has 1 atom stereocenters. The third-order valence-corrected chi connectivity index (χ3v) is 3.83. The van der Waals surface area contributed by atoms with Gasteiger partial charge < -0.3 is 10.4 Å². The highest BCUT2D eigenvalue weighted by Gasteiger charge is 2.20. The number of phenols is 1. The van der Waals surface area contributed by atoms with E-state index < -0.39 is 0 Å². The summed E-state index contributed by atoms with van der Waals surface area (Å²) in [5, 5.41) is 13.2. The summed E-state index contributed by atoms with van der Waals surface area (Å²) in [6, 6.07) is 14.6. The summed E-state index contributed by atoms with van der Waals surface area (Å²) in [7, 11) is 0. The van der Waals surface area contributed by atoms with Crippen LogP contribution in [-0.4, -0.2) is 5.11 Å². The van der Waals surface area contributed by atoms with E-state index >= 15 is 0 Å². The van der Waals surface area contributed by atoms with Crippen LogP contribution in [0.5, 0.6) is 5.75 Å². The highest BCUT2D eigenvalue weighted by Crippen LogP contribution is 2.34. The van der Waals surface area contributed by atoms with Gasteiger partial charge in [0.25, 0.3) is 0 Å². The molecule has 0 aliphatic heterocycles. The number of phenolic OH excluding ortho intramolecular Hbond substituents is 1. The summed E-state index contributed by atoms with van der Waals surface area (Å²) >= 11 is 0. The first kappa shape index (κ1) is 12.1. The van der Waals surface area contributed by atoms with Crippen molar-refractivity contribution in [3.8, 4) is 5.75 Å². The van der Waals surface area contributed by atoms with Crippen LogP contribution in [0.25, 0.3) is 0 Å². The molecule has 0 aromatic heterocycles. The topological polar surface area (TPSA) is 32.3 Å². The van der Waals surface area contributed by atoms with E-state index in [4.69, 9.17) is 0 Å². The van der Waals surface area contributed by atoms with E-state index in [0.717, 1.165) is 18.5 Å². The minimum Gasteiger partial charge on any atom is -0.508 e. The Morgan fingerprint density at radius 2 is 1.89 bits per heavy atom. The fourth-order valence-corrected chi connectivity index (χ4v) is 2.80. The molecule has 2 nitrogen and oxygen atoms in total. The smallest absolute Gasteiger partial charge is 0.115 e. The van der Waals surface area contributed by atoms with E-state index in [9.17, 15) is 5.11 Å². The quantitative estimate of drug-likeness (QED) is 0.841. The molecule has 98 valence electrons. The second kappa shape index (κ2) is 4.96. The highest BCUT2D eigenvalue weighted by molar-refractivity contribution is 5.49. The van der Waals surface area contributed by atoms with Crippen molar-refractivity contribution >= 4 is 5.69 Å². The molecule has 2 heteroatoms. The predicted octanol–water partition coefficient (Wildman–Crippen LogP) is 4.19. The Morgan fingerprint density at radius 3 is 2.68 bits per heavy atom. The first-order valence-corrected chi connectivity index (χ1v) is 6.87. The van der Waals surface area contributed by atoms with Gasteiger partial charge in [-0.3, -0.25) is 0 Å². The largest absolute Gasteiger partial charge is 0.508 e. The van der Waals surface area contributed by atoms with Gasteiger partial charge in [0.2, 0.25) is 0 Å². The molecule has 0 spiro atoms. The Balaban J connectivity index is 1.85. The molecule has 0 saturated heterocycles. The lowest BCUT2D eigenvalue weighted by molar-refractivity contribution is 0.472. The number of anilines is 1. The van der Waals surface area contributed by atoms with E-state index in [1.807, 2.05) is 6.07 Å². The zero-order valence-corrected chi connectivity index (χ0v) is 11.2. The van der Waals surface area contributed by atoms with Crippen molar-refractivity contribution in [2.75, 3.05) is 5.32 Å². The maximum Gasteiger partial charge on any atom is 0.115 e. The Kier molecular flexibility index (Phi) is 3.16. The predicted molar refractivity (Wildman–Crippen MR) is 78.6 cm³/mol. The number of benzene rings is 2. The number of hydrogen-bond acceptors (Lipinski definition) is 2. The van der Waals surface area contributed by atoms with Crippen LogP contribution in [0.2, 0.25) is 0 Å². The average Bonchev–Trinajstić information content (AvgIpc) is 2.41. The molecule has 2 N–H and O–H groups in total. The molecule has 0 radical (unpaired) electrons. The first-order valence-electron chi connectivity index (χ1n) is 6.87. The average molecular weight is 253 g/mol. The molecule has 2 aromatic rings. The lowest BCUT2D eigenvalue weighted by Gasteiger charge is -2.27. The molecular weight excluding hydrogens is 234 g/mol. The summed E-state index contributed by atoms with van der Waals surface area (Å²) in [6.45, 7) is 2.10. The highest BCUT2D eigenvalue weighted by atomic mass is 16.3. The van der Waals surface area contributed by atoms with Gasteiger partial charge in [-0.1, -0.05) is 23.8 Å². The van der Waals surface area contributed by atoms with Crippen LogP contribution in [-0.2, 0) is 6.42 Å². The number of fused-ring (bicyclic) bond motifs is 1. The minimum absolute atomic E-state index is 0.354. The van der Waals surface area contributed by atoms with Crippen LogP contribution in [0.1, 0.15) is 35.6 Å². The lowest BCUT2D eigenvalue weighted by Crippen LogP contribution is -2.17. The van der Waals surface area contributed by atoms with Crippen LogP contribution in [0.3, 0.4) is 0 Å². The Bertz CT molecular complexity index is 574. The minimum atomic E-state index is 0.354. The molecule has 0 bridgehead atoms. The van der Waals surface area contributed by atoms with E-state index in [-0.39, 0.29) is 0 Å². The van der Waals surface area contributed by atoms with E-state index in [0.29, 0.717) is 11.8 Å². The molecule has 19 heavy (non-hydrogen) atoms. The number of hydrogen-bond donors (Lipinski definition) is 2. The van der Waals surface area contributed by atoms with E-state index in [1.165, 1.54) is 23.1 Å². The van der Waals surface area contributed by atoms with Crippen molar-refractivity contribution in [1.82, 2.24) is 0 Å². The lowest BCUT2D eigenvalue weighted by atomic mass is 9.87. The van der Waals surface area contributed by atoms with Gasteiger partial charge in [-0.25, -0.2) is 0 Å². The Labute approximate surface area is 114 Å². The fourth-order valence-electron chi connectivity index (χ4n) is 2.80. The molecule has 0 fully saturated rings. The van der Waals surface area contributed by atoms with Crippen molar-refractivity contribution in [3.63, 3.8) is 0 Å². The van der Waals surface area contributed by atoms with Gasteiger partial charge in [0.05, 0.1) is 6.04 Å². The van der Waals surface area contributed by atoms with Crippen LogP contribution in [0, 0.1) is 6.92 Å². The zero-order chi connectivity index (χ0) is 13.2. The summed E-state index contributed by atoms with van der Waals surface area (Å²) in [5.41, 5.74) is 5.04. The molecule has 2 aromatic carbocycles. The second-order valence-corrected chi connectivity index (χ2v) is 5.34. The molecular formula is C17H19NO. The number of aromatic hydroxyl groups is 1. The Hall–Kier alpha value is -1.96. The van der Waals surface area contributed by atoms with Crippen molar-refractivity contribution in [1.29, 1.82) is 0 Å². The van der Waals surface area contributed by atoms with Crippen LogP contribution in [0.4, 0.5) is 5.69 Å². The van der Waals surface area contributed by atoms with Gasteiger partial charge in [-0.2, -0.15) is 0 Å². The van der Waals surface area contributed by atoms with Crippen molar-refractivity contribution < 1.29 is 5.11 Å². The van der Waals surface area contributed by atoms with Gasteiger partial charge >= 0.3 is 0 Å². The van der Waals surface area contributed by atoms with Crippen molar-refractivity contribution in [2.24, 2.45) is 0 Å². The third-order valence-electron chi connectivity index (χ3n) is 3.83. The van der Waals surface area contributed by atoms with Crippen LogP contribution in [0.15, 0.2) is 42.5 Å². The third kappa shape index (κ3) is 2.58. The molecule has 0 amide bonds. The SMILES string of the molecule is Cc1ccc(NC2CCCc3cc(O)ccc32)cc1. The molecule has 3 rings (SSSR count). The second-order valence-electron chi connectivity index (χ2n) is 5.34. The molecule has 0 saturated carbocycles. The number of aryl methyl sites for hydroxylation is 2. The number of rotatable bonds is 2. The van der Waals surface area contributed by atoms with Gasteiger partial charge in [0.15, 0.2) is 0 Å². The standard InChI is InChI=1S/C17H19NO/c1-12-5-7-14(8-6-12)18-17-4-2-3-13-11-15(19)9-10-16(13)17/h5-11,17-19H,2-4H2,1H3. The summed E-state index contributed by atoms with van der Waals surface area (Å²) in [5.74, 6) is 0.370. The molecule has 1 unspecified atom stereocenters. The van der Waals surface area contributed by atoms with Gasteiger partial charge in [-0.05, 0) is 61.6 Å². The molecule has 1 aliphatic rings. The fraction of sp³-hybridized carbons (Fsp3) is 0.294. The molecule has 1 aliphatic carbocycles. The first-order chi connectivity index (χ1) is 9.22. The maximum absolute atomic E-state index is 9.57. The summed E-state index contributed by atoms with van der Waals surface area (Å²) < 4.78 is 0. The van der Waals surface area contributed by atoms with Gasteiger partial charge in [0.1, 0.15) is 5.75 Å². The summed E-state index contributed by atoms with van der Waals surface area (Å²) in [6.07, 6.45) is 3.38. The van der Waals surface area contributed by atoms with Crippen LogP contribution < -0.4 is 5.32 Å². The molecule has 0 heterocycles. The van der Waals surface area contributed by atoms with E-state index in [2.05, 4.69) is 42.6 Å². The monoisotopic (exact) mass is 253 g/mol. The van der Waals surface area contributed by atoms with Gasteiger partial charge in [0, 0.05) is 5.69 Å². The van der Waals surface area contributed by atoms with Crippen LogP contribution >= 0.6 is 0 Å². The summed E-state index contributed by atoms with van der Waals surface area (Å²) in [4.78, 5) is 0. The maximum atomic E-state index is 9.57. The van der Waals surface area contributed by atoms with Crippen molar-refractivity contribution in [3.05, 3.63) is 59.2 Å². The van der Waals surface area contributed by atoms with Crippen molar-refractivity contribution in [2.45, 2.75) is 32.2 Å². The Morgan fingerprint density at radius 1 is 1.11 bits per heavy atom.